The Morgan fingerprint density at radius 2 is 1.77 bits per heavy atom. The molecule has 3 atom stereocenters. The van der Waals surface area contributed by atoms with Crippen LogP contribution in [0.2, 0.25) is 5.02 Å². The van der Waals surface area contributed by atoms with Gasteiger partial charge < -0.3 is 4.74 Å². The van der Waals surface area contributed by atoms with E-state index in [1.165, 1.54) is 5.01 Å². The molecule has 0 aliphatic carbocycles. The first kappa shape index (κ1) is 23.5. The van der Waals surface area contributed by atoms with Crippen LogP contribution in [-0.2, 0) is 9.59 Å². The summed E-state index contributed by atoms with van der Waals surface area (Å²) >= 11 is 9.61. The van der Waals surface area contributed by atoms with Crippen molar-refractivity contribution in [3.8, 4) is 5.75 Å². The summed E-state index contributed by atoms with van der Waals surface area (Å²) < 4.78 is 6.21. The average molecular weight is 555 g/mol. The van der Waals surface area contributed by atoms with Crippen LogP contribution >= 0.6 is 27.5 Å². The highest BCUT2D eigenvalue weighted by Gasteiger charge is 2.60. The van der Waals surface area contributed by atoms with Gasteiger partial charge in [0.1, 0.15) is 11.8 Å². The number of rotatable bonds is 5. The number of fused-ring (bicyclic) bond motifs is 1. The Morgan fingerprint density at radius 3 is 2.46 bits per heavy atom. The molecule has 7 nitrogen and oxygen atoms in total. The highest BCUT2D eigenvalue weighted by Crippen LogP contribution is 2.43. The Morgan fingerprint density at radius 1 is 1.03 bits per heavy atom. The lowest BCUT2D eigenvalue weighted by atomic mass is 9.91. The molecule has 35 heavy (non-hydrogen) atoms. The summed E-state index contributed by atoms with van der Waals surface area (Å²) in [7, 11) is 0. The van der Waals surface area contributed by atoms with Gasteiger partial charge in [0.05, 0.1) is 24.3 Å². The predicted octanol–water partition coefficient (Wildman–Crippen LogP) is 4.76. The largest absolute Gasteiger partial charge is 0.494 e. The highest BCUT2D eigenvalue weighted by atomic mass is 79.9. The minimum Gasteiger partial charge on any atom is -0.494 e. The van der Waals surface area contributed by atoms with Gasteiger partial charge in [-0.05, 0) is 67.1 Å². The Hall–Kier alpha value is -3.20. The van der Waals surface area contributed by atoms with Crippen molar-refractivity contribution < 1.29 is 19.1 Å². The number of hydrogen-bond donors (Lipinski definition) is 1. The molecular formula is C26H21BrClN3O4. The van der Waals surface area contributed by atoms with Gasteiger partial charge in [-0.1, -0.05) is 45.7 Å². The Balaban J connectivity index is 1.55. The first-order valence-electron chi connectivity index (χ1n) is 11.1. The summed E-state index contributed by atoms with van der Waals surface area (Å²) in [5, 5.41) is 1.78. The van der Waals surface area contributed by atoms with Gasteiger partial charge in [-0.25, -0.2) is 10.3 Å². The third-order valence-electron chi connectivity index (χ3n) is 6.14. The van der Waals surface area contributed by atoms with Crippen LogP contribution in [0.1, 0.15) is 28.9 Å². The first-order chi connectivity index (χ1) is 16.9. The minimum atomic E-state index is -1.01. The minimum absolute atomic E-state index is 0.383. The number of hydrogen-bond acceptors (Lipinski definition) is 5. The van der Waals surface area contributed by atoms with Gasteiger partial charge in [-0.2, -0.15) is 0 Å². The molecular weight excluding hydrogens is 534 g/mol. The number of nitrogens with one attached hydrogen (secondary N) is 1. The number of halogens is 2. The Kier molecular flexibility index (Phi) is 6.35. The Labute approximate surface area is 215 Å². The van der Waals surface area contributed by atoms with Gasteiger partial charge in [0.15, 0.2) is 0 Å². The van der Waals surface area contributed by atoms with Gasteiger partial charge in [0.25, 0.3) is 11.8 Å². The van der Waals surface area contributed by atoms with Crippen molar-refractivity contribution in [1.82, 2.24) is 10.4 Å². The second kappa shape index (κ2) is 9.45. The van der Waals surface area contributed by atoms with Crippen LogP contribution in [0.5, 0.6) is 5.75 Å². The molecule has 9 heteroatoms. The molecule has 1 N–H and O–H groups in total. The molecule has 2 aliphatic heterocycles. The monoisotopic (exact) mass is 553 g/mol. The molecule has 178 valence electrons. The maximum absolute atomic E-state index is 13.7. The average Bonchev–Trinajstić information content (AvgIpc) is 3.36. The molecule has 0 bridgehead atoms. The standard InChI is InChI=1S/C26H21BrClN3O4/c1-2-35-20-11-9-19(10-12-20)30-25(33)21-22(15-5-4-8-18(28)14-15)29-31(23(21)26(30)34)24(32)16-6-3-7-17(27)13-16/h3-14,21-23,29H,2H2,1H3/t21-,22+,23+/m1/s1. The van der Waals surface area contributed by atoms with Gasteiger partial charge in [-0.15, -0.1) is 0 Å². The summed E-state index contributed by atoms with van der Waals surface area (Å²) in [5.41, 5.74) is 4.66. The number of benzene rings is 3. The van der Waals surface area contributed by atoms with Gasteiger partial charge in [0.2, 0.25) is 5.91 Å². The van der Waals surface area contributed by atoms with Crippen molar-refractivity contribution >= 4 is 50.9 Å². The van der Waals surface area contributed by atoms with Crippen molar-refractivity contribution in [2.75, 3.05) is 11.5 Å². The number of carbonyl (C=O) groups is 3. The van der Waals surface area contributed by atoms with Gasteiger partial charge >= 0.3 is 0 Å². The fraction of sp³-hybridized carbons (Fsp3) is 0.192. The van der Waals surface area contributed by atoms with Crippen LogP contribution in [-0.4, -0.2) is 35.4 Å². The van der Waals surface area contributed by atoms with Crippen molar-refractivity contribution in [3.63, 3.8) is 0 Å². The van der Waals surface area contributed by atoms with Gasteiger partial charge in [0, 0.05) is 15.1 Å². The van der Waals surface area contributed by atoms with Gasteiger partial charge in [-0.3, -0.25) is 19.4 Å². The van der Waals surface area contributed by atoms with Crippen LogP contribution in [0.3, 0.4) is 0 Å². The fourth-order valence-corrected chi connectivity index (χ4v) is 5.22. The second-order valence-corrected chi connectivity index (χ2v) is 9.61. The van der Waals surface area contributed by atoms with E-state index in [0.717, 1.165) is 9.37 Å². The third-order valence-corrected chi connectivity index (χ3v) is 6.87. The van der Waals surface area contributed by atoms with Crippen LogP contribution in [0.4, 0.5) is 5.69 Å². The van der Waals surface area contributed by atoms with Crippen molar-refractivity contribution in [2.45, 2.75) is 19.0 Å². The quantitative estimate of drug-likeness (QED) is 0.460. The molecule has 2 fully saturated rings. The van der Waals surface area contributed by atoms with Crippen molar-refractivity contribution in [1.29, 1.82) is 0 Å². The summed E-state index contributed by atoms with van der Waals surface area (Å²) in [5.74, 6) is -1.43. The number of hydrazine groups is 1. The van der Waals surface area contributed by atoms with Crippen molar-refractivity contribution in [3.05, 3.63) is 93.4 Å². The molecule has 2 saturated heterocycles. The lowest BCUT2D eigenvalue weighted by Gasteiger charge is -2.25. The second-order valence-electron chi connectivity index (χ2n) is 8.26. The van der Waals surface area contributed by atoms with E-state index < -0.39 is 29.8 Å². The highest BCUT2D eigenvalue weighted by molar-refractivity contribution is 9.10. The van der Waals surface area contributed by atoms with E-state index in [2.05, 4.69) is 21.4 Å². The zero-order chi connectivity index (χ0) is 24.7. The lowest BCUT2D eigenvalue weighted by molar-refractivity contribution is -0.123. The van der Waals surface area contributed by atoms with E-state index in [-0.39, 0.29) is 5.91 Å². The topological polar surface area (TPSA) is 79.0 Å². The summed E-state index contributed by atoms with van der Waals surface area (Å²) in [6.45, 7) is 2.38. The summed E-state index contributed by atoms with van der Waals surface area (Å²) in [6.07, 6.45) is 0. The number of imide groups is 1. The SMILES string of the molecule is CCOc1ccc(N2C(=O)[C@H]3[C@@H](C2=O)N(C(=O)c2cccc(Br)c2)N[C@H]3c2cccc(Cl)c2)cc1. The molecule has 0 radical (unpaired) electrons. The first-order valence-corrected chi connectivity index (χ1v) is 12.3. The third kappa shape index (κ3) is 4.22. The van der Waals surface area contributed by atoms with Crippen LogP contribution in [0, 0.1) is 5.92 Å². The molecule has 0 spiro atoms. The maximum atomic E-state index is 13.7. The molecule has 3 aromatic rings. The summed E-state index contributed by atoms with van der Waals surface area (Å²) in [4.78, 5) is 42.0. The molecule has 2 aliphatic rings. The fourth-order valence-electron chi connectivity index (χ4n) is 4.63. The Bertz CT molecular complexity index is 1320. The van der Waals surface area contributed by atoms with E-state index in [0.29, 0.717) is 34.2 Å². The normalized spacial score (nSPS) is 21.4. The molecule has 2 heterocycles. The molecule has 3 aromatic carbocycles. The molecule has 0 aromatic heterocycles. The number of amides is 3. The zero-order valence-electron chi connectivity index (χ0n) is 18.7. The zero-order valence-corrected chi connectivity index (χ0v) is 21.0. The maximum Gasteiger partial charge on any atom is 0.268 e. The molecule has 5 rings (SSSR count). The number of nitrogens with zero attached hydrogens (tertiary/aromatic N) is 2. The van der Waals surface area contributed by atoms with E-state index in [1.54, 1.807) is 60.7 Å². The summed E-state index contributed by atoms with van der Waals surface area (Å²) in [6, 6.07) is 19.1. The molecule has 0 saturated carbocycles. The number of carbonyl (C=O) groups excluding carboxylic acids is 3. The smallest absolute Gasteiger partial charge is 0.268 e. The van der Waals surface area contributed by atoms with Crippen LogP contribution < -0.4 is 15.1 Å². The van der Waals surface area contributed by atoms with Crippen molar-refractivity contribution in [2.24, 2.45) is 5.92 Å². The van der Waals surface area contributed by atoms with E-state index in [1.807, 2.05) is 19.1 Å². The lowest BCUT2D eigenvalue weighted by Crippen LogP contribution is -2.48. The van der Waals surface area contributed by atoms with Crippen LogP contribution in [0.15, 0.2) is 77.3 Å². The van der Waals surface area contributed by atoms with E-state index in [4.69, 9.17) is 16.3 Å². The number of ether oxygens (including phenoxy) is 1. The predicted molar refractivity (Wildman–Crippen MR) is 135 cm³/mol. The van der Waals surface area contributed by atoms with E-state index in [9.17, 15) is 14.4 Å². The molecule has 0 unspecified atom stereocenters. The van der Waals surface area contributed by atoms with Crippen LogP contribution in [0.25, 0.3) is 0 Å². The van der Waals surface area contributed by atoms with E-state index >= 15 is 0 Å². The molecule has 3 amide bonds. The number of anilines is 1.